The lowest BCUT2D eigenvalue weighted by Crippen LogP contribution is -2.74. The van der Waals surface area contributed by atoms with Crippen LogP contribution < -0.4 is 10.5 Å². The van der Waals surface area contributed by atoms with Gasteiger partial charge in [-0.1, -0.05) is 12.1 Å². The van der Waals surface area contributed by atoms with Gasteiger partial charge in [0, 0.05) is 18.2 Å². The van der Waals surface area contributed by atoms with Crippen LogP contribution >= 0.6 is 45.7 Å². The summed E-state index contributed by atoms with van der Waals surface area (Å²) in [6.07, 6.45) is 1.57. The van der Waals surface area contributed by atoms with E-state index in [4.69, 9.17) is 0 Å². The highest BCUT2D eigenvalue weighted by atomic mass is 127. The van der Waals surface area contributed by atoms with Gasteiger partial charge in [0.15, 0.2) is 0 Å². The van der Waals surface area contributed by atoms with Gasteiger partial charge in [-0.25, -0.2) is 14.4 Å². The van der Waals surface area contributed by atoms with Crippen LogP contribution in [0.3, 0.4) is 0 Å². The average Bonchev–Trinajstić information content (AvgIpc) is 3.10. The van der Waals surface area contributed by atoms with Crippen LogP contribution in [0, 0.1) is 0 Å². The zero-order valence-electron chi connectivity index (χ0n) is 18.2. The van der Waals surface area contributed by atoms with Crippen LogP contribution in [0.2, 0.25) is 0 Å². The maximum atomic E-state index is 11.7. The van der Waals surface area contributed by atoms with Crippen molar-refractivity contribution in [2.45, 2.75) is 0 Å². The van der Waals surface area contributed by atoms with Crippen LogP contribution in [0.5, 0.6) is 0 Å². The normalized spacial score (nSPS) is 13.1. The summed E-state index contributed by atoms with van der Waals surface area (Å²) in [6, 6.07) is 20.3. The molecule has 5 rings (SSSR count). The Morgan fingerprint density at radius 2 is 1.06 bits per heavy atom. The van der Waals surface area contributed by atoms with Crippen LogP contribution in [0.25, 0.3) is 33.8 Å². The number of aromatic nitrogens is 2. The predicted octanol–water partition coefficient (Wildman–Crippen LogP) is 4.27. The summed E-state index contributed by atoms with van der Waals surface area (Å²) >= 11 is 4.39. The number of nitrogens with zero attached hydrogens (tertiary/aromatic N) is 3. The molecule has 2 aromatic carbocycles. The van der Waals surface area contributed by atoms with Crippen molar-refractivity contribution >= 4 is 63.6 Å². The number of halogens is 2. The van der Waals surface area contributed by atoms with Crippen LogP contribution in [0.4, 0.5) is 0 Å². The molecule has 0 amide bonds. The molecule has 0 saturated carbocycles. The number of hydrogen-bond donors (Lipinski definition) is 3. The van der Waals surface area contributed by atoms with Gasteiger partial charge in [0.25, 0.3) is 11.9 Å². The number of carboxylic acids is 3. The zero-order chi connectivity index (χ0) is 25.8. The Hall–Kier alpha value is -3.43. The van der Waals surface area contributed by atoms with Gasteiger partial charge < -0.3 is 15.3 Å². The molecule has 0 atom stereocenters. The fourth-order valence-corrected chi connectivity index (χ4v) is 5.75. The lowest BCUT2D eigenvalue weighted by molar-refractivity contribution is -0.949. The van der Waals surface area contributed by atoms with E-state index in [0.29, 0.717) is 0 Å². The van der Waals surface area contributed by atoms with Gasteiger partial charge in [0.2, 0.25) is 1.13 Å². The minimum absolute atomic E-state index is 0.0789. The highest BCUT2D eigenvalue weighted by molar-refractivity contribution is 14.2. The second kappa shape index (κ2) is 8.90. The maximum absolute atomic E-state index is 11.7. The monoisotopic (exact) mass is 708 g/mol. The molecule has 178 valence electrons. The highest BCUT2D eigenvalue weighted by Gasteiger charge is 2.60. The molecule has 0 fully saturated rings. The fraction of sp³-hybridized carbons (Fsp3) is 0. The molecule has 0 bridgehead atoms. The Labute approximate surface area is 232 Å². The van der Waals surface area contributed by atoms with E-state index in [2.05, 4.69) is 45.7 Å². The molecule has 36 heavy (non-hydrogen) atoms. The molecule has 0 unspecified atom stereocenters. The lowest BCUT2D eigenvalue weighted by atomic mass is 9.99. The molecule has 1 aliphatic rings. The van der Waals surface area contributed by atoms with Crippen molar-refractivity contribution in [2.24, 2.45) is 0 Å². The third-order valence-electron chi connectivity index (χ3n) is 5.87. The number of benzene rings is 2. The lowest BCUT2D eigenvalue weighted by Gasteiger charge is -2.09. The molecule has 0 spiro atoms. The molecule has 2 aromatic heterocycles. The van der Waals surface area contributed by atoms with E-state index in [9.17, 15) is 29.7 Å². The third kappa shape index (κ3) is 4.02. The minimum atomic E-state index is -1.04. The minimum Gasteiger partial charge on any atom is -0.478 e. The van der Waals surface area contributed by atoms with E-state index in [-0.39, 0.29) is 17.8 Å². The smallest absolute Gasteiger partial charge is 0.408 e. The maximum Gasteiger partial charge on any atom is 0.408 e. The Morgan fingerprint density at radius 1 is 0.583 bits per heavy atom. The van der Waals surface area contributed by atoms with Gasteiger partial charge in [-0.15, -0.1) is 0 Å². The molecule has 0 radical (unpaired) electrons. The van der Waals surface area contributed by atoms with Crippen molar-refractivity contribution in [1.29, 1.82) is 0 Å². The molecule has 0 saturated heterocycles. The summed E-state index contributed by atoms with van der Waals surface area (Å²) in [6.45, 7) is 0. The number of carbonyl (C=O) groups is 3. The van der Waals surface area contributed by atoms with Crippen LogP contribution in [0.15, 0.2) is 79.0 Å². The number of pyridine rings is 2. The van der Waals surface area contributed by atoms with E-state index in [1.165, 1.54) is 24.3 Å². The number of rotatable bonds is 5. The molecule has 1 aliphatic heterocycles. The summed E-state index contributed by atoms with van der Waals surface area (Å²) < 4.78 is 3.91. The van der Waals surface area contributed by atoms with Crippen molar-refractivity contribution in [3.8, 4) is 33.8 Å². The van der Waals surface area contributed by atoms with Crippen LogP contribution in [0.1, 0.15) is 31.1 Å². The van der Waals surface area contributed by atoms with E-state index in [1.807, 2.05) is 21.5 Å². The van der Waals surface area contributed by atoms with E-state index < -0.39 is 17.9 Å². The largest absolute Gasteiger partial charge is 0.478 e. The number of aromatic carboxylic acids is 3. The second-order valence-corrected chi connectivity index (χ2v) is 12.5. The third-order valence-corrected chi connectivity index (χ3v) is 7.66. The summed E-state index contributed by atoms with van der Waals surface area (Å²) in [5.41, 5.74) is 5.18. The van der Waals surface area contributed by atoms with Crippen molar-refractivity contribution in [1.82, 2.24) is 1.13 Å². The Bertz CT molecular complexity index is 1590. The average molecular weight is 708 g/mol. The number of fused-ring (bicyclic) bond motifs is 3. The second-order valence-electron chi connectivity index (χ2n) is 8.00. The fourth-order valence-electron chi connectivity index (χ4n) is 4.11. The SMILES string of the molecule is O=C(O)c1ccc(-c2cc(-c3ccc(C(=O)O)cc3)[n+]3c(c2)-c2ccc(C(=O)O)c[n+]2[N+]3(I)I)cc1. The summed E-state index contributed by atoms with van der Waals surface area (Å²) in [5, 5.41) is 28.1. The van der Waals surface area contributed by atoms with Crippen LogP contribution in [-0.2, 0) is 0 Å². The molecule has 0 aliphatic carbocycles. The van der Waals surface area contributed by atoms with Gasteiger partial charge in [0.05, 0.1) is 26.0 Å². The first-order chi connectivity index (χ1) is 17.1. The predicted molar refractivity (Wildman–Crippen MR) is 145 cm³/mol. The molecule has 3 heterocycles. The number of quaternary nitrogens is 1. The summed E-state index contributed by atoms with van der Waals surface area (Å²) in [4.78, 5) is 34.3. The van der Waals surface area contributed by atoms with Crippen molar-refractivity contribution < 1.29 is 39.1 Å². The van der Waals surface area contributed by atoms with Gasteiger partial charge >= 0.3 is 75.0 Å². The van der Waals surface area contributed by atoms with E-state index >= 15 is 0 Å². The summed E-state index contributed by atoms with van der Waals surface area (Å²) in [7, 11) is 0. The zero-order valence-corrected chi connectivity index (χ0v) is 22.5. The molecule has 9 nitrogen and oxygen atoms in total. The molecular formula is C25H16I2N3O6+3. The molecule has 11 heteroatoms. The Kier molecular flexibility index (Phi) is 6.00. The van der Waals surface area contributed by atoms with Gasteiger partial charge in [-0.05, 0) is 53.6 Å². The first kappa shape index (κ1) is 24.3. The summed E-state index contributed by atoms with van der Waals surface area (Å²) in [5.74, 6) is -3.08. The molecule has 4 aromatic rings. The molecule has 3 N–H and O–H groups in total. The van der Waals surface area contributed by atoms with E-state index in [0.717, 1.165) is 33.8 Å². The van der Waals surface area contributed by atoms with Crippen molar-refractivity contribution in [3.63, 3.8) is 0 Å². The van der Waals surface area contributed by atoms with Gasteiger partial charge in [-0.3, -0.25) is 0 Å². The Balaban J connectivity index is 1.78. The molecular weight excluding hydrogens is 692 g/mol. The highest BCUT2D eigenvalue weighted by Crippen LogP contribution is 2.34. The standard InChI is InChI=1S/C25H13I2N3O6/c26-30(27)28-13-18(25(35)36)9-10-20(28)22-12-19(14-1-5-16(6-2-14)23(31)32)11-21(29(22)30)15-3-7-17(8-4-15)24(33)34/h1-13H/p+3. The quantitative estimate of drug-likeness (QED) is 0.162. The van der Waals surface area contributed by atoms with Gasteiger partial charge in [0.1, 0.15) is 5.56 Å². The first-order valence-corrected chi connectivity index (χ1v) is 12.4. The first-order valence-electron chi connectivity index (χ1n) is 10.4. The van der Waals surface area contributed by atoms with E-state index in [1.54, 1.807) is 42.6 Å². The Morgan fingerprint density at radius 3 is 1.58 bits per heavy atom. The van der Waals surface area contributed by atoms with Crippen LogP contribution in [-0.4, -0.2) is 33.2 Å². The topological polar surface area (TPSA) is 120 Å². The number of carboxylic acid groups (broad SMARTS) is 3. The van der Waals surface area contributed by atoms with Gasteiger partial charge in [-0.2, -0.15) is 0 Å². The number of hydrogen-bond acceptors (Lipinski definition) is 3. The van der Waals surface area contributed by atoms with Crippen molar-refractivity contribution in [3.05, 3.63) is 95.7 Å². The van der Waals surface area contributed by atoms with Crippen molar-refractivity contribution in [2.75, 3.05) is 0 Å².